The Balaban J connectivity index is 1.45. The van der Waals surface area contributed by atoms with E-state index in [9.17, 15) is 22.8 Å². The van der Waals surface area contributed by atoms with Gasteiger partial charge in [-0.25, -0.2) is 18.2 Å². The first kappa shape index (κ1) is 30.8. The highest BCUT2D eigenvalue weighted by Crippen LogP contribution is 2.37. The lowest BCUT2D eigenvalue weighted by Gasteiger charge is -2.24. The van der Waals surface area contributed by atoms with Gasteiger partial charge < -0.3 is 25.3 Å². The standard InChI is InChI=1S/C29H25Cl3F3N5O3/c1-40-22-11-23(43-13-24(34)35)17(28(42)37-16-6-8-20(33)19(31)9-16)10-21(22)38-29(40)39-26-18(30)7-5-15(25(26)32)12-36-27(41)14-3-2-4-14/h5-11,14,24H,2-4,12-13H2,1H3,(H,36,41)(H,37,42)(H,38,39). The van der Waals surface area contributed by atoms with Crippen LogP contribution < -0.4 is 20.7 Å². The molecule has 4 aromatic rings. The van der Waals surface area contributed by atoms with E-state index in [1.165, 1.54) is 24.3 Å². The van der Waals surface area contributed by atoms with Crippen molar-refractivity contribution < 1.29 is 27.5 Å². The number of carbonyl (C=O) groups excluding carboxylic acids is 2. The van der Waals surface area contributed by atoms with E-state index in [2.05, 4.69) is 20.9 Å². The van der Waals surface area contributed by atoms with Crippen LogP contribution in [0.3, 0.4) is 0 Å². The molecule has 8 nitrogen and oxygen atoms in total. The van der Waals surface area contributed by atoms with Crippen molar-refractivity contribution in [1.29, 1.82) is 0 Å². The van der Waals surface area contributed by atoms with E-state index in [4.69, 9.17) is 39.5 Å². The summed E-state index contributed by atoms with van der Waals surface area (Å²) in [7, 11) is 1.67. The zero-order valence-corrected chi connectivity index (χ0v) is 24.9. The molecule has 1 heterocycles. The summed E-state index contributed by atoms with van der Waals surface area (Å²) in [5, 5.41) is 8.95. The van der Waals surface area contributed by atoms with Crippen molar-refractivity contribution in [3.05, 3.63) is 74.5 Å². The van der Waals surface area contributed by atoms with Gasteiger partial charge in [-0.3, -0.25) is 9.59 Å². The number of anilines is 3. The normalized spacial score (nSPS) is 13.2. The van der Waals surface area contributed by atoms with Crippen LogP contribution in [0.5, 0.6) is 5.75 Å². The van der Waals surface area contributed by atoms with Gasteiger partial charge in [0.1, 0.15) is 18.2 Å². The van der Waals surface area contributed by atoms with Gasteiger partial charge in [-0.15, -0.1) is 0 Å². The molecule has 43 heavy (non-hydrogen) atoms. The average molecular weight is 655 g/mol. The summed E-state index contributed by atoms with van der Waals surface area (Å²) in [5.41, 5.74) is 1.86. The molecule has 3 N–H and O–H groups in total. The van der Waals surface area contributed by atoms with Gasteiger partial charge in [0.05, 0.1) is 37.4 Å². The van der Waals surface area contributed by atoms with Gasteiger partial charge in [-0.1, -0.05) is 47.3 Å². The molecule has 0 spiro atoms. The summed E-state index contributed by atoms with van der Waals surface area (Å²) in [5.74, 6) is -1.21. The maximum atomic E-state index is 13.6. The van der Waals surface area contributed by atoms with E-state index < -0.39 is 24.8 Å². The molecule has 1 saturated carbocycles. The summed E-state index contributed by atoms with van der Waals surface area (Å²) in [6.07, 6.45) is -0.000621. The quantitative estimate of drug-likeness (QED) is 0.163. The molecule has 1 aromatic heterocycles. The lowest BCUT2D eigenvalue weighted by molar-refractivity contribution is -0.127. The molecule has 0 saturated heterocycles. The highest BCUT2D eigenvalue weighted by atomic mass is 35.5. The fourth-order valence-corrected chi connectivity index (χ4v) is 5.22. The van der Waals surface area contributed by atoms with Crippen LogP contribution >= 0.6 is 34.8 Å². The molecular weight excluding hydrogens is 630 g/mol. The number of imidazole rings is 1. The number of carbonyl (C=O) groups is 2. The number of amides is 2. The van der Waals surface area contributed by atoms with E-state index in [1.54, 1.807) is 23.7 Å². The molecule has 0 bridgehead atoms. The van der Waals surface area contributed by atoms with Crippen LogP contribution in [0.2, 0.25) is 15.1 Å². The molecule has 226 valence electrons. The van der Waals surface area contributed by atoms with E-state index in [1.807, 2.05) is 0 Å². The van der Waals surface area contributed by atoms with Crippen LogP contribution in [0.4, 0.5) is 30.5 Å². The molecule has 0 atom stereocenters. The number of nitrogens with one attached hydrogen (secondary N) is 3. The molecule has 1 fully saturated rings. The predicted molar refractivity (Wildman–Crippen MR) is 161 cm³/mol. The summed E-state index contributed by atoms with van der Waals surface area (Å²) >= 11 is 19.0. The Bertz CT molecular complexity index is 1710. The number of aryl methyl sites for hydroxylation is 1. The molecule has 0 unspecified atom stereocenters. The smallest absolute Gasteiger partial charge is 0.272 e. The predicted octanol–water partition coefficient (Wildman–Crippen LogP) is 7.73. The van der Waals surface area contributed by atoms with Crippen LogP contribution in [0.15, 0.2) is 42.5 Å². The number of alkyl halides is 2. The number of fused-ring (bicyclic) bond motifs is 1. The number of nitrogens with zero attached hydrogens (tertiary/aromatic N) is 2. The summed E-state index contributed by atoms with van der Waals surface area (Å²) in [4.78, 5) is 30.0. The van der Waals surface area contributed by atoms with Crippen LogP contribution in [0, 0.1) is 11.7 Å². The minimum atomic E-state index is -2.79. The fraction of sp³-hybridized carbons (Fsp3) is 0.276. The second-order valence-electron chi connectivity index (χ2n) is 9.98. The molecule has 1 aliphatic rings. The van der Waals surface area contributed by atoms with Crippen LogP contribution in [-0.2, 0) is 18.4 Å². The Morgan fingerprint density at radius 3 is 2.53 bits per heavy atom. The number of benzene rings is 3. The number of hydrogen-bond acceptors (Lipinski definition) is 5. The average Bonchev–Trinajstić information content (AvgIpc) is 3.23. The van der Waals surface area contributed by atoms with Gasteiger partial charge in [-0.05, 0) is 48.7 Å². The fourth-order valence-electron chi connectivity index (χ4n) is 4.51. The highest BCUT2D eigenvalue weighted by Gasteiger charge is 2.25. The second-order valence-corrected chi connectivity index (χ2v) is 11.2. The topological polar surface area (TPSA) is 97.3 Å². The first-order valence-corrected chi connectivity index (χ1v) is 14.3. The Kier molecular flexibility index (Phi) is 9.24. The van der Waals surface area contributed by atoms with Crippen molar-refractivity contribution in [2.24, 2.45) is 13.0 Å². The van der Waals surface area contributed by atoms with Gasteiger partial charge >= 0.3 is 0 Å². The van der Waals surface area contributed by atoms with Crippen molar-refractivity contribution in [3.63, 3.8) is 0 Å². The SMILES string of the molecule is Cn1c(Nc2c(Cl)ccc(CNC(=O)C3CCC3)c2Cl)nc2cc(C(=O)Nc3ccc(F)c(Cl)c3)c(OCC(F)F)cc21. The Morgan fingerprint density at radius 1 is 1.09 bits per heavy atom. The van der Waals surface area contributed by atoms with Crippen molar-refractivity contribution in [1.82, 2.24) is 14.9 Å². The lowest BCUT2D eigenvalue weighted by atomic mass is 9.85. The van der Waals surface area contributed by atoms with Crippen LogP contribution in [-0.4, -0.2) is 34.4 Å². The van der Waals surface area contributed by atoms with E-state index in [0.717, 1.165) is 25.3 Å². The number of aromatic nitrogens is 2. The highest BCUT2D eigenvalue weighted by molar-refractivity contribution is 6.39. The zero-order chi connectivity index (χ0) is 30.8. The minimum absolute atomic E-state index is 0.0191. The maximum absolute atomic E-state index is 13.6. The lowest BCUT2D eigenvalue weighted by Crippen LogP contribution is -2.34. The van der Waals surface area contributed by atoms with E-state index >= 15 is 0 Å². The van der Waals surface area contributed by atoms with E-state index in [-0.39, 0.29) is 51.4 Å². The van der Waals surface area contributed by atoms with Crippen molar-refractivity contribution in [2.45, 2.75) is 32.2 Å². The number of ether oxygens (including phenoxy) is 1. The van der Waals surface area contributed by atoms with Crippen molar-refractivity contribution >= 4 is 75.0 Å². The molecule has 0 radical (unpaired) electrons. The zero-order valence-electron chi connectivity index (χ0n) is 22.6. The van der Waals surface area contributed by atoms with Crippen LogP contribution in [0.25, 0.3) is 11.0 Å². The van der Waals surface area contributed by atoms with Gasteiger partial charge in [0.2, 0.25) is 11.9 Å². The van der Waals surface area contributed by atoms with Crippen molar-refractivity contribution in [3.8, 4) is 5.75 Å². The maximum Gasteiger partial charge on any atom is 0.272 e. The Morgan fingerprint density at radius 2 is 1.86 bits per heavy atom. The third kappa shape index (κ3) is 6.79. The molecule has 0 aliphatic heterocycles. The van der Waals surface area contributed by atoms with Gasteiger partial charge in [0.15, 0.2) is 0 Å². The van der Waals surface area contributed by atoms with Gasteiger partial charge in [-0.2, -0.15) is 0 Å². The van der Waals surface area contributed by atoms with Crippen molar-refractivity contribution in [2.75, 3.05) is 17.2 Å². The molecular formula is C29H25Cl3F3N5O3. The van der Waals surface area contributed by atoms with Gasteiger partial charge in [0, 0.05) is 31.3 Å². The van der Waals surface area contributed by atoms with Gasteiger partial charge in [0.25, 0.3) is 12.3 Å². The number of halogens is 6. The Labute approximate surface area is 259 Å². The third-order valence-corrected chi connectivity index (χ3v) is 8.14. The number of rotatable bonds is 10. The summed E-state index contributed by atoms with van der Waals surface area (Å²) < 4.78 is 46.5. The third-order valence-electron chi connectivity index (χ3n) is 7.11. The first-order valence-electron chi connectivity index (χ1n) is 13.2. The molecule has 1 aliphatic carbocycles. The molecule has 5 rings (SSSR count). The summed E-state index contributed by atoms with van der Waals surface area (Å²) in [6.45, 7) is -0.739. The Hall–Kier alpha value is -3.67. The number of hydrogen-bond donors (Lipinski definition) is 3. The molecule has 2 amide bonds. The molecule has 14 heteroatoms. The first-order chi connectivity index (χ1) is 20.5. The van der Waals surface area contributed by atoms with Crippen LogP contribution in [0.1, 0.15) is 35.2 Å². The monoisotopic (exact) mass is 653 g/mol. The summed E-state index contributed by atoms with van der Waals surface area (Å²) in [6, 6.07) is 9.77. The second kappa shape index (κ2) is 12.9. The largest absolute Gasteiger partial charge is 0.487 e. The van der Waals surface area contributed by atoms with E-state index in [0.29, 0.717) is 27.3 Å². The molecule has 3 aromatic carbocycles. The minimum Gasteiger partial charge on any atom is -0.487 e.